The second-order valence-electron chi connectivity index (χ2n) is 4.69. The van der Waals surface area contributed by atoms with Crippen LogP contribution in [0, 0.1) is 0 Å². The Hall–Kier alpha value is -0.880. The molecule has 2 aromatic rings. The van der Waals surface area contributed by atoms with Gasteiger partial charge in [-0.15, -0.1) is 23.1 Å². The number of benzene rings is 1. The number of rotatable bonds is 9. The van der Waals surface area contributed by atoms with Crippen LogP contribution < -0.4 is 5.32 Å². The van der Waals surface area contributed by atoms with Crippen LogP contribution in [0.25, 0.3) is 0 Å². The third-order valence-electron chi connectivity index (χ3n) is 3.00. The van der Waals surface area contributed by atoms with E-state index in [0.717, 1.165) is 31.9 Å². The highest BCUT2D eigenvalue weighted by Crippen LogP contribution is 2.24. The van der Waals surface area contributed by atoms with Crippen LogP contribution >= 0.6 is 23.1 Å². The van der Waals surface area contributed by atoms with Crippen molar-refractivity contribution in [2.75, 3.05) is 20.3 Å². The van der Waals surface area contributed by atoms with Gasteiger partial charge in [-0.3, -0.25) is 0 Å². The normalized spacial score (nSPS) is 11.0. The second-order valence-corrected chi connectivity index (χ2v) is 6.68. The highest BCUT2D eigenvalue weighted by Gasteiger charge is 2.02. The van der Waals surface area contributed by atoms with Crippen LogP contribution in [-0.2, 0) is 23.5 Å². The van der Waals surface area contributed by atoms with E-state index in [1.165, 1.54) is 21.2 Å². The number of aryl methyl sites for hydroxylation is 1. The van der Waals surface area contributed by atoms with Gasteiger partial charge in [0.25, 0.3) is 0 Å². The number of thiazole rings is 1. The van der Waals surface area contributed by atoms with Gasteiger partial charge in [0.1, 0.15) is 0 Å². The van der Waals surface area contributed by atoms with Gasteiger partial charge in [-0.05, 0) is 24.1 Å². The molecule has 1 aromatic carbocycles. The van der Waals surface area contributed by atoms with Gasteiger partial charge in [0, 0.05) is 36.2 Å². The monoisotopic (exact) mass is 322 g/mol. The molecule has 0 atom stereocenters. The molecule has 1 aromatic heterocycles. The van der Waals surface area contributed by atoms with Crippen molar-refractivity contribution in [2.24, 2.45) is 0 Å². The number of hydrogen-bond acceptors (Lipinski definition) is 5. The topological polar surface area (TPSA) is 34.2 Å². The van der Waals surface area contributed by atoms with Crippen molar-refractivity contribution in [2.45, 2.75) is 30.5 Å². The molecular weight excluding hydrogens is 300 g/mol. The molecular formula is C16H22N2OS2. The minimum atomic E-state index is 0.748. The Kier molecular flexibility index (Phi) is 7.23. The smallest absolute Gasteiger partial charge is 0.0925 e. The molecule has 1 heterocycles. The Morgan fingerprint density at radius 1 is 1.38 bits per heavy atom. The summed E-state index contributed by atoms with van der Waals surface area (Å²) in [4.78, 5) is 5.91. The molecule has 2 rings (SSSR count). The highest BCUT2D eigenvalue weighted by molar-refractivity contribution is 7.98. The van der Waals surface area contributed by atoms with Crippen LogP contribution in [0.1, 0.15) is 23.2 Å². The first-order chi connectivity index (χ1) is 10.3. The molecule has 0 unspecified atom stereocenters. The number of ether oxygens (including phenoxy) is 1. The molecule has 5 heteroatoms. The fourth-order valence-corrected chi connectivity index (χ4v) is 3.61. The third-order valence-corrected chi connectivity index (χ3v) is 5.07. The second kappa shape index (κ2) is 9.20. The van der Waals surface area contributed by atoms with Gasteiger partial charge in [0.05, 0.1) is 17.3 Å². The van der Waals surface area contributed by atoms with E-state index in [2.05, 4.69) is 46.9 Å². The van der Waals surface area contributed by atoms with E-state index in [4.69, 9.17) is 4.74 Å². The minimum Gasteiger partial charge on any atom is -0.383 e. The standard InChI is InChI=1S/C16H22N2OS2/c1-3-16-18-14(12-21-16)11-20-15-6-4-5-13(9-15)10-17-7-8-19-2/h4-6,9,12,17H,3,7-8,10-11H2,1-2H3. The summed E-state index contributed by atoms with van der Waals surface area (Å²) in [5.74, 6) is 0.942. The summed E-state index contributed by atoms with van der Waals surface area (Å²) < 4.78 is 5.03. The molecule has 1 N–H and O–H groups in total. The van der Waals surface area contributed by atoms with Crippen LogP contribution in [0.2, 0.25) is 0 Å². The van der Waals surface area contributed by atoms with Crippen LogP contribution in [0.4, 0.5) is 0 Å². The molecule has 0 amide bonds. The molecule has 21 heavy (non-hydrogen) atoms. The van der Waals surface area contributed by atoms with Crippen LogP contribution in [0.3, 0.4) is 0 Å². The fourth-order valence-electron chi connectivity index (χ4n) is 1.89. The van der Waals surface area contributed by atoms with Gasteiger partial charge in [-0.2, -0.15) is 0 Å². The number of nitrogens with zero attached hydrogens (tertiary/aromatic N) is 1. The molecule has 0 spiro atoms. The van der Waals surface area contributed by atoms with E-state index < -0.39 is 0 Å². The van der Waals surface area contributed by atoms with Crippen molar-refractivity contribution in [3.05, 3.63) is 45.9 Å². The Bertz CT molecular complexity index is 543. The van der Waals surface area contributed by atoms with Crippen molar-refractivity contribution in [3.63, 3.8) is 0 Å². The molecule has 3 nitrogen and oxygen atoms in total. The first-order valence-corrected chi connectivity index (χ1v) is 9.03. The predicted molar refractivity (Wildman–Crippen MR) is 91.1 cm³/mol. The average molecular weight is 322 g/mol. The average Bonchev–Trinajstić information content (AvgIpc) is 2.98. The number of nitrogens with one attached hydrogen (secondary N) is 1. The molecule has 0 saturated carbocycles. The maximum atomic E-state index is 5.03. The lowest BCUT2D eigenvalue weighted by Gasteiger charge is -2.06. The summed E-state index contributed by atoms with van der Waals surface area (Å²) in [6.45, 7) is 4.66. The highest BCUT2D eigenvalue weighted by atomic mass is 32.2. The van der Waals surface area contributed by atoms with E-state index in [0.29, 0.717) is 0 Å². The lowest BCUT2D eigenvalue weighted by molar-refractivity contribution is 0.199. The first-order valence-electron chi connectivity index (χ1n) is 7.16. The van der Waals surface area contributed by atoms with Crippen LogP contribution in [-0.4, -0.2) is 25.2 Å². The molecule has 114 valence electrons. The summed E-state index contributed by atoms with van der Waals surface area (Å²) in [5, 5.41) is 6.76. The predicted octanol–water partition coefficient (Wildman–Crippen LogP) is 3.73. The number of thioether (sulfide) groups is 1. The van der Waals surface area contributed by atoms with Gasteiger partial charge >= 0.3 is 0 Å². The maximum absolute atomic E-state index is 5.03. The molecule has 0 radical (unpaired) electrons. The molecule has 0 saturated heterocycles. The van der Waals surface area contributed by atoms with E-state index in [1.54, 1.807) is 18.4 Å². The Morgan fingerprint density at radius 3 is 3.05 bits per heavy atom. The van der Waals surface area contributed by atoms with E-state index in [9.17, 15) is 0 Å². The van der Waals surface area contributed by atoms with E-state index in [-0.39, 0.29) is 0 Å². The number of methoxy groups -OCH3 is 1. The molecule has 0 aliphatic carbocycles. The zero-order valence-corrected chi connectivity index (χ0v) is 14.2. The van der Waals surface area contributed by atoms with E-state index >= 15 is 0 Å². The summed E-state index contributed by atoms with van der Waals surface area (Å²) >= 11 is 3.60. The van der Waals surface area contributed by atoms with Crippen LogP contribution in [0.5, 0.6) is 0 Å². The molecule has 0 aliphatic heterocycles. The molecule has 0 bridgehead atoms. The van der Waals surface area contributed by atoms with Crippen molar-refractivity contribution >= 4 is 23.1 Å². The summed E-state index contributed by atoms with van der Waals surface area (Å²) in [6.07, 6.45) is 1.03. The summed E-state index contributed by atoms with van der Waals surface area (Å²) in [5.41, 5.74) is 2.49. The molecule has 0 aliphatic rings. The van der Waals surface area contributed by atoms with Gasteiger partial charge < -0.3 is 10.1 Å². The fraction of sp³-hybridized carbons (Fsp3) is 0.438. The summed E-state index contributed by atoms with van der Waals surface area (Å²) in [6, 6.07) is 8.68. The van der Waals surface area contributed by atoms with Crippen molar-refractivity contribution in [1.29, 1.82) is 0 Å². The van der Waals surface area contributed by atoms with Gasteiger partial charge in [0.2, 0.25) is 0 Å². The zero-order chi connectivity index (χ0) is 14.9. The first kappa shape index (κ1) is 16.5. The van der Waals surface area contributed by atoms with Crippen LogP contribution in [0.15, 0.2) is 34.5 Å². The SMILES string of the molecule is CCc1nc(CSc2cccc(CNCCOC)c2)cs1. The Labute approximate surface area is 135 Å². The van der Waals surface area contributed by atoms with Gasteiger partial charge in [-0.1, -0.05) is 19.1 Å². The minimum absolute atomic E-state index is 0.748. The largest absolute Gasteiger partial charge is 0.383 e. The Balaban J connectivity index is 1.82. The quantitative estimate of drug-likeness (QED) is 0.563. The number of aromatic nitrogens is 1. The van der Waals surface area contributed by atoms with Crippen molar-refractivity contribution in [1.82, 2.24) is 10.3 Å². The number of hydrogen-bond donors (Lipinski definition) is 1. The van der Waals surface area contributed by atoms with E-state index in [1.807, 2.05) is 11.8 Å². The zero-order valence-electron chi connectivity index (χ0n) is 12.6. The van der Waals surface area contributed by atoms with Crippen molar-refractivity contribution < 1.29 is 4.74 Å². The Morgan fingerprint density at radius 2 is 2.29 bits per heavy atom. The molecule has 0 fully saturated rings. The van der Waals surface area contributed by atoms with Gasteiger partial charge in [0.15, 0.2) is 0 Å². The lowest BCUT2D eigenvalue weighted by Crippen LogP contribution is -2.18. The van der Waals surface area contributed by atoms with Gasteiger partial charge in [-0.25, -0.2) is 4.98 Å². The maximum Gasteiger partial charge on any atom is 0.0925 e. The third kappa shape index (κ3) is 5.79. The lowest BCUT2D eigenvalue weighted by atomic mass is 10.2. The summed E-state index contributed by atoms with van der Waals surface area (Å²) in [7, 11) is 1.72. The van der Waals surface area contributed by atoms with Crippen molar-refractivity contribution in [3.8, 4) is 0 Å².